The SMILES string of the molecule is CC(=O)N[C@@H]1[C@@H](O[C@@H](C)[C@H](NC(=O)OCC2C3C=CC=CC3=C3C=CC=CC32)C(=O)OC(C)(C)C)O[C@@H](CO[C@]2(C(=O)OCc3ccccc3)C[C@@H](OC(C)=O)[C@@H](NC(C)=O)[C@H]([C@@H](OC(C)=O)[C@H](COC(C)=O)OC(C)=O)O2)[C@@H](O)[C@@H]1O. The summed E-state index contributed by atoms with van der Waals surface area (Å²) < 4.78 is 64.8. The third kappa shape index (κ3) is 16.9. The van der Waals surface area contributed by atoms with Crippen molar-refractivity contribution in [2.24, 2.45) is 17.8 Å². The zero-order valence-electron chi connectivity index (χ0n) is 47.3. The maximum absolute atomic E-state index is 14.9. The van der Waals surface area contributed by atoms with Crippen LogP contribution < -0.4 is 16.0 Å². The number of ether oxygens (including phenoxy) is 11. The van der Waals surface area contributed by atoms with Gasteiger partial charge in [0.1, 0.15) is 55.4 Å². The molecule has 82 heavy (non-hydrogen) atoms. The standard InChI is InChI=1S/C57H73N3O22/c1-29(45(52(69)82-56(8,9)10)60-55(71)74-26-41-39-22-16-14-20-37(39)38-21-15-17-23-40(38)41)76-53-47(59-31(3)62)49(68)48(67)43(80-53)28-75-57(54(70)73-25-36-18-12-11-13-19-36)24-42(77-33(5)64)46(58-30(2)61)51(81-57)50(79-35(7)66)44(78-34(6)65)27-72-32(4)63/h11-23,29,39-51,53,67-68H,24-28H2,1-10H3,(H,58,61)(H,59,62)(H,60,71)/t29-,39?,40?,41?,42+,43-,44-,45-,46+,47-,48+,49+,50-,51+,53-,57+/m0/s1. The first-order valence-electron chi connectivity index (χ1n) is 26.7. The van der Waals surface area contributed by atoms with Crippen molar-refractivity contribution in [3.05, 3.63) is 95.6 Å². The van der Waals surface area contributed by atoms with Crippen LogP contribution in [0.1, 0.15) is 81.2 Å². The van der Waals surface area contributed by atoms with Crippen molar-refractivity contribution in [3.8, 4) is 0 Å². The molecule has 25 heteroatoms. The molecule has 0 bridgehead atoms. The van der Waals surface area contributed by atoms with E-state index >= 15 is 0 Å². The molecule has 0 aromatic heterocycles. The molecular formula is C57H73N3O22. The summed E-state index contributed by atoms with van der Waals surface area (Å²) in [6.07, 6.45) is -2.26. The Hall–Kier alpha value is -7.29. The highest BCUT2D eigenvalue weighted by Crippen LogP contribution is 2.47. The summed E-state index contributed by atoms with van der Waals surface area (Å²) >= 11 is 0. The second-order valence-corrected chi connectivity index (χ2v) is 21.3. The molecule has 0 spiro atoms. The number of aliphatic hydroxyl groups excluding tert-OH is 2. The van der Waals surface area contributed by atoms with Crippen LogP contribution in [0.15, 0.2) is 90.1 Å². The quantitative estimate of drug-likeness (QED) is 0.0821. The highest BCUT2D eigenvalue weighted by molar-refractivity contribution is 5.82. The number of rotatable bonds is 22. The lowest BCUT2D eigenvalue weighted by Gasteiger charge is -2.49. The van der Waals surface area contributed by atoms with Crippen molar-refractivity contribution >= 4 is 53.7 Å². The molecule has 2 heterocycles. The van der Waals surface area contributed by atoms with Gasteiger partial charge in [-0.2, -0.15) is 0 Å². The van der Waals surface area contributed by atoms with E-state index in [1.54, 1.807) is 51.1 Å². The van der Waals surface area contributed by atoms with Crippen molar-refractivity contribution in [2.75, 3.05) is 19.8 Å². The van der Waals surface area contributed by atoms with Crippen LogP contribution >= 0.6 is 0 Å². The van der Waals surface area contributed by atoms with Gasteiger partial charge < -0.3 is 78.3 Å². The van der Waals surface area contributed by atoms with Crippen LogP contribution in [-0.4, -0.2) is 168 Å². The number of alkyl carbamates (subject to hydrolysis) is 1. The molecule has 2 saturated heterocycles. The zero-order valence-corrected chi connectivity index (χ0v) is 47.3. The highest BCUT2D eigenvalue weighted by atomic mass is 16.8. The molecule has 0 saturated carbocycles. The number of allylic oxidation sites excluding steroid dienone is 10. The topological polar surface area (TPSA) is 332 Å². The normalized spacial score (nSPS) is 28.6. The number of amides is 3. The fourth-order valence-electron chi connectivity index (χ4n) is 10.2. The van der Waals surface area contributed by atoms with E-state index in [4.69, 9.17) is 52.1 Å². The average Bonchev–Trinajstić information content (AvgIpc) is 3.81. The number of hydrogen-bond donors (Lipinski definition) is 5. The number of fused-ring (bicyclic) bond motifs is 2. The van der Waals surface area contributed by atoms with Gasteiger partial charge in [-0.3, -0.25) is 28.8 Å². The number of hydrogen-bond acceptors (Lipinski definition) is 22. The van der Waals surface area contributed by atoms with Gasteiger partial charge in [0.2, 0.25) is 11.8 Å². The zero-order chi connectivity index (χ0) is 60.2. The first-order chi connectivity index (χ1) is 38.7. The van der Waals surface area contributed by atoms with E-state index in [0.29, 0.717) is 5.56 Å². The van der Waals surface area contributed by atoms with Crippen LogP contribution in [0.3, 0.4) is 0 Å². The predicted octanol–water partition coefficient (Wildman–Crippen LogP) is 2.30. The monoisotopic (exact) mass is 1150 g/mol. The molecule has 5 aliphatic rings. The van der Waals surface area contributed by atoms with E-state index in [1.807, 2.05) is 48.6 Å². The highest BCUT2D eigenvalue weighted by Gasteiger charge is 2.60. The molecular weight excluding hydrogens is 1080 g/mol. The average molecular weight is 1150 g/mol. The lowest BCUT2D eigenvalue weighted by atomic mass is 9.83. The van der Waals surface area contributed by atoms with Gasteiger partial charge >= 0.3 is 41.9 Å². The van der Waals surface area contributed by atoms with Gasteiger partial charge in [0.25, 0.3) is 5.79 Å². The van der Waals surface area contributed by atoms with Crippen LogP contribution in [0.5, 0.6) is 0 Å². The summed E-state index contributed by atoms with van der Waals surface area (Å²) in [5, 5.41) is 31.2. The maximum atomic E-state index is 14.9. The largest absolute Gasteiger partial charge is 0.462 e. The van der Waals surface area contributed by atoms with Crippen LogP contribution in [0, 0.1) is 17.8 Å². The Balaban J connectivity index is 1.34. The van der Waals surface area contributed by atoms with E-state index in [2.05, 4.69) is 16.0 Å². The molecule has 448 valence electrons. The van der Waals surface area contributed by atoms with Gasteiger partial charge in [-0.1, -0.05) is 78.9 Å². The summed E-state index contributed by atoms with van der Waals surface area (Å²) in [4.78, 5) is 119. The molecule has 1 aromatic carbocycles. The lowest BCUT2D eigenvalue weighted by molar-refractivity contribution is -0.335. The van der Waals surface area contributed by atoms with E-state index < -0.39 is 165 Å². The van der Waals surface area contributed by atoms with Gasteiger partial charge in [-0.15, -0.1) is 0 Å². The molecule has 15 atom stereocenters. The fourth-order valence-corrected chi connectivity index (χ4v) is 10.2. The van der Waals surface area contributed by atoms with E-state index in [1.165, 1.54) is 6.92 Å². The first-order valence-corrected chi connectivity index (χ1v) is 26.7. The van der Waals surface area contributed by atoms with Gasteiger partial charge in [0.15, 0.2) is 24.5 Å². The Bertz CT molecular complexity index is 2640. The third-order valence-electron chi connectivity index (χ3n) is 13.6. The minimum absolute atomic E-state index is 0.0599. The second-order valence-electron chi connectivity index (χ2n) is 21.3. The Morgan fingerprint density at radius 3 is 1.90 bits per heavy atom. The lowest BCUT2D eigenvalue weighted by Crippen LogP contribution is -2.70. The van der Waals surface area contributed by atoms with Crippen LogP contribution in [0.25, 0.3) is 0 Å². The fraction of sp³-hybridized carbons (Fsp3) is 0.561. The number of esters is 6. The molecule has 2 unspecified atom stereocenters. The molecule has 3 aliphatic carbocycles. The van der Waals surface area contributed by atoms with Gasteiger partial charge in [0.05, 0.1) is 31.8 Å². The third-order valence-corrected chi connectivity index (χ3v) is 13.6. The Kier molecular flexibility index (Phi) is 21.9. The van der Waals surface area contributed by atoms with E-state index in [9.17, 15) is 53.4 Å². The van der Waals surface area contributed by atoms with Crippen molar-refractivity contribution in [1.82, 2.24) is 16.0 Å². The molecule has 25 nitrogen and oxygen atoms in total. The van der Waals surface area contributed by atoms with E-state index in [0.717, 1.165) is 52.7 Å². The first kappa shape index (κ1) is 63.9. The summed E-state index contributed by atoms with van der Waals surface area (Å²) in [6.45, 7) is 10.1. The summed E-state index contributed by atoms with van der Waals surface area (Å²) in [7, 11) is 0. The maximum Gasteiger partial charge on any atom is 0.407 e. The molecule has 0 radical (unpaired) electrons. The van der Waals surface area contributed by atoms with Crippen LogP contribution in [0.4, 0.5) is 4.79 Å². The number of nitrogens with one attached hydrogen (secondary N) is 3. The summed E-state index contributed by atoms with van der Waals surface area (Å²) in [5.41, 5.74) is 1.56. The number of carbonyl (C=O) groups excluding carboxylic acids is 9. The van der Waals surface area contributed by atoms with Crippen molar-refractivity contribution in [2.45, 2.75) is 167 Å². The van der Waals surface area contributed by atoms with Gasteiger partial charge in [-0.25, -0.2) is 14.4 Å². The van der Waals surface area contributed by atoms with Crippen LogP contribution in [-0.2, 0) is 97.1 Å². The summed E-state index contributed by atoms with van der Waals surface area (Å²) in [6, 6.07) is 3.45. The predicted molar refractivity (Wildman–Crippen MR) is 282 cm³/mol. The Morgan fingerprint density at radius 1 is 0.732 bits per heavy atom. The molecule has 5 N–H and O–H groups in total. The van der Waals surface area contributed by atoms with Crippen molar-refractivity contribution in [3.63, 3.8) is 0 Å². The van der Waals surface area contributed by atoms with E-state index in [-0.39, 0.29) is 24.4 Å². The molecule has 1 aromatic rings. The Labute approximate surface area is 474 Å². The van der Waals surface area contributed by atoms with Crippen LogP contribution in [0.2, 0.25) is 0 Å². The number of carbonyl (C=O) groups is 9. The minimum Gasteiger partial charge on any atom is -0.462 e. The Morgan fingerprint density at radius 2 is 1.34 bits per heavy atom. The molecule has 2 fully saturated rings. The van der Waals surface area contributed by atoms with Gasteiger partial charge in [0, 0.05) is 59.3 Å². The second kappa shape index (κ2) is 28.1. The van der Waals surface area contributed by atoms with Crippen molar-refractivity contribution < 1.29 is 105 Å². The minimum atomic E-state index is -2.85. The molecule has 3 amide bonds. The summed E-state index contributed by atoms with van der Waals surface area (Å²) in [5.74, 6) is -10.8. The number of benzene rings is 1. The molecule has 2 aliphatic heterocycles. The molecule has 6 rings (SSSR count). The number of aliphatic hydroxyl groups is 2. The smallest absolute Gasteiger partial charge is 0.407 e. The van der Waals surface area contributed by atoms with Gasteiger partial charge in [-0.05, 0) is 44.4 Å². The van der Waals surface area contributed by atoms with Crippen molar-refractivity contribution in [1.29, 1.82) is 0 Å².